The zero-order valence-corrected chi connectivity index (χ0v) is 8.53. The first-order valence-corrected chi connectivity index (χ1v) is 4.57. The van der Waals surface area contributed by atoms with E-state index < -0.39 is 5.82 Å². The highest BCUT2D eigenvalue weighted by Gasteiger charge is 2.03. The summed E-state index contributed by atoms with van der Waals surface area (Å²) >= 11 is 5.49. The first-order chi connectivity index (χ1) is 6.75. The van der Waals surface area contributed by atoms with Crippen molar-refractivity contribution in [1.82, 2.24) is 10.3 Å². The fraction of sp³-hybridized carbons (Fsp3) is 0.300. The Morgan fingerprint density at radius 2 is 2.43 bits per heavy atom. The van der Waals surface area contributed by atoms with Crippen LogP contribution in [-0.4, -0.2) is 18.6 Å². The van der Waals surface area contributed by atoms with Gasteiger partial charge in [-0.1, -0.05) is 23.4 Å². The monoisotopic (exact) mass is 212 g/mol. The van der Waals surface area contributed by atoms with E-state index in [4.69, 9.17) is 11.6 Å². The van der Waals surface area contributed by atoms with Gasteiger partial charge in [0.15, 0.2) is 11.0 Å². The Hall–Kier alpha value is -1.11. The van der Waals surface area contributed by atoms with E-state index in [9.17, 15) is 4.39 Å². The van der Waals surface area contributed by atoms with E-state index in [1.54, 1.807) is 0 Å². The Labute approximate surface area is 87.5 Å². The van der Waals surface area contributed by atoms with Crippen LogP contribution in [0.25, 0.3) is 0 Å². The summed E-state index contributed by atoms with van der Waals surface area (Å²) in [6.07, 6.45) is 2.11. The van der Waals surface area contributed by atoms with E-state index in [-0.39, 0.29) is 5.15 Å². The number of aromatic nitrogens is 1. The predicted molar refractivity (Wildman–Crippen MR) is 54.6 cm³/mol. The van der Waals surface area contributed by atoms with Gasteiger partial charge in [-0.2, -0.15) is 0 Å². The van der Waals surface area contributed by atoms with Crippen molar-refractivity contribution in [3.8, 4) is 11.8 Å². The third-order valence-electron chi connectivity index (χ3n) is 1.57. The third kappa shape index (κ3) is 2.99. The van der Waals surface area contributed by atoms with Gasteiger partial charge in [-0.25, -0.2) is 9.37 Å². The first-order valence-electron chi connectivity index (χ1n) is 4.19. The molecule has 0 aromatic carbocycles. The summed E-state index contributed by atoms with van der Waals surface area (Å²) in [7, 11) is 1.84. The Kier molecular flexibility index (Phi) is 4.37. The Morgan fingerprint density at radius 3 is 3.14 bits per heavy atom. The molecular weight excluding hydrogens is 203 g/mol. The first kappa shape index (κ1) is 11.0. The van der Waals surface area contributed by atoms with E-state index in [2.05, 4.69) is 22.1 Å². The Bertz CT molecular complexity index is 368. The molecule has 0 fully saturated rings. The summed E-state index contributed by atoms with van der Waals surface area (Å²) in [6.45, 7) is 0.785. The van der Waals surface area contributed by atoms with Gasteiger partial charge in [-0.05, 0) is 13.1 Å². The molecule has 0 aliphatic rings. The smallest absolute Gasteiger partial charge is 0.176 e. The molecule has 0 aliphatic carbocycles. The molecule has 0 radical (unpaired) electrons. The molecule has 2 nitrogen and oxygen atoms in total. The zero-order valence-electron chi connectivity index (χ0n) is 7.77. The van der Waals surface area contributed by atoms with Crippen LogP contribution in [0.3, 0.4) is 0 Å². The quantitative estimate of drug-likeness (QED) is 0.460. The number of pyridine rings is 1. The van der Waals surface area contributed by atoms with E-state index in [1.165, 1.54) is 12.3 Å². The highest BCUT2D eigenvalue weighted by Crippen LogP contribution is 2.13. The van der Waals surface area contributed by atoms with Crippen LogP contribution >= 0.6 is 11.6 Å². The van der Waals surface area contributed by atoms with Crippen molar-refractivity contribution in [2.24, 2.45) is 0 Å². The number of rotatable bonds is 2. The summed E-state index contributed by atoms with van der Waals surface area (Å²) < 4.78 is 13.2. The van der Waals surface area contributed by atoms with Crippen molar-refractivity contribution in [2.45, 2.75) is 6.42 Å². The number of halogens is 2. The van der Waals surface area contributed by atoms with Gasteiger partial charge in [0, 0.05) is 19.2 Å². The lowest BCUT2D eigenvalue weighted by Gasteiger charge is -1.94. The molecule has 1 aromatic heterocycles. The van der Waals surface area contributed by atoms with Gasteiger partial charge >= 0.3 is 0 Å². The normalized spacial score (nSPS) is 9.36. The lowest BCUT2D eigenvalue weighted by atomic mass is 10.2. The van der Waals surface area contributed by atoms with Crippen LogP contribution in [0.1, 0.15) is 12.0 Å². The van der Waals surface area contributed by atoms with Crippen LogP contribution < -0.4 is 5.32 Å². The number of nitrogens with one attached hydrogen (secondary N) is 1. The number of hydrogen-bond donors (Lipinski definition) is 1. The molecule has 1 N–H and O–H groups in total. The van der Waals surface area contributed by atoms with Crippen molar-refractivity contribution >= 4 is 11.6 Å². The largest absolute Gasteiger partial charge is 0.319 e. The van der Waals surface area contributed by atoms with Gasteiger partial charge in [-0.15, -0.1) is 0 Å². The summed E-state index contributed by atoms with van der Waals surface area (Å²) in [4.78, 5) is 3.59. The fourth-order valence-corrected chi connectivity index (χ4v) is 1.02. The highest BCUT2D eigenvalue weighted by atomic mass is 35.5. The molecule has 14 heavy (non-hydrogen) atoms. The fourth-order valence-electron chi connectivity index (χ4n) is 0.860. The van der Waals surface area contributed by atoms with Gasteiger partial charge in [0.2, 0.25) is 0 Å². The molecule has 0 saturated heterocycles. The molecule has 1 heterocycles. The minimum Gasteiger partial charge on any atom is -0.319 e. The minimum absolute atomic E-state index is 0.134. The molecule has 0 saturated carbocycles. The average molecular weight is 213 g/mol. The van der Waals surface area contributed by atoms with Crippen LogP contribution in [0.4, 0.5) is 4.39 Å². The summed E-state index contributed by atoms with van der Waals surface area (Å²) in [5.41, 5.74) is 0.293. The van der Waals surface area contributed by atoms with Crippen LogP contribution in [-0.2, 0) is 0 Å². The van der Waals surface area contributed by atoms with Crippen LogP contribution in [0.2, 0.25) is 5.15 Å². The summed E-state index contributed by atoms with van der Waals surface area (Å²) in [5.74, 6) is 4.98. The SMILES string of the molecule is CNCCC#Cc1ccnc(Cl)c1F. The predicted octanol–water partition coefficient (Wildman–Crippen LogP) is 1.84. The second-order valence-corrected chi connectivity index (χ2v) is 2.98. The van der Waals surface area contributed by atoms with Crippen molar-refractivity contribution in [3.05, 3.63) is 28.8 Å². The topological polar surface area (TPSA) is 24.9 Å². The lowest BCUT2D eigenvalue weighted by Crippen LogP contribution is -2.05. The molecular formula is C10H10ClFN2. The summed E-state index contributed by atoms with van der Waals surface area (Å²) in [6, 6.07) is 1.51. The molecule has 0 spiro atoms. The van der Waals surface area contributed by atoms with Crippen molar-refractivity contribution in [3.63, 3.8) is 0 Å². The second-order valence-electron chi connectivity index (χ2n) is 2.62. The molecule has 0 bridgehead atoms. The maximum absolute atomic E-state index is 13.2. The molecule has 0 aliphatic heterocycles. The van der Waals surface area contributed by atoms with Crippen LogP contribution in [0.15, 0.2) is 12.3 Å². The average Bonchev–Trinajstić information content (AvgIpc) is 2.19. The molecule has 1 aromatic rings. The molecule has 4 heteroatoms. The lowest BCUT2D eigenvalue weighted by molar-refractivity contribution is 0.618. The van der Waals surface area contributed by atoms with Crippen molar-refractivity contribution in [1.29, 1.82) is 0 Å². The van der Waals surface area contributed by atoms with E-state index in [1.807, 2.05) is 7.05 Å². The molecule has 0 atom stereocenters. The molecule has 0 amide bonds. The Morgan fingerprint density at radius 1 is 1.64 bits per heavy atom. The summed E-state index contributed by atoms with van der Waals surface area (Å²) in [5, 5.41) is 2.81. The van der Waals surface area contributed by atoms with Gasteiger partial charge in [0.05, 0.1) is 5.56 Å². The van der Waals surface area contributed by atoms with Crippen molar-refractivity contribution < 1.29 is 4.39 Å². The van der Waals surface area contributed by atoms with Gasteiger partial charge < -0.3 is 5.32 Å². The standard InChI is InChI=1S/C10H10ClFN2/c1-13-6-3-2-4-8-5-7-14-10(11)9(8)12/h5,7,13H,3,6H2,1H3. The second kappa shape index (κ2) is 5.58. The maximum Gasteiger partial charge on any atom is 0.176 e. The molecule has 74 valence electrons. The Balaban J connectivity index is 2.74. The van der Waals surface area contributed by atoms with E-state index >= 15 is 0 Å². The van der Waals surface area contributed by atoms with Gasteiger partial charge in [-0.3, -0.25) is 0 Å². The van der Waals surface area contributed by atoms with E-state index in [0.717, 1.165) is 6.54 Å². The van der Waals surface area contributed by atoms with Crippen molar-refractivity contribution in [2.75, 3.05) is 13.6 Å². The zero-order chi connectivity index (χ0) is 10.4. The van der Waals surface area contributed by atoms with Gasteiger partial charge in [0.1, 0.15) is 0 Å². The van der Waals surface area contributed by atoms with Gasteiger partial charge in [0.25, 0.3) is 0 Å². The third-order valence-corrected chi connectivity index (χ3v) is 1.83. The molecule has 1 rings (SSSR count). The molecule has 0 unspecified atom stereocenters. The van der Waals surface area contributed by atoms with Crippen LogP contribution in [0.5, 0.6) is 0 Å². The van der Waals surface area contributed by atoms with Crippen LogP contribution in [0, 0.1) is 17.7 Å². The number of nitrogens with zero attached hydrogens (tertiary/aromatic N) is 1. The number of hydrogen-bond acceptors (Lipinski definition) is 2. The highest BCUT2D eigenvalue weighted by molar-refractivity contribution is 6.29. The maximum atomic E-state index is 13.2. The van der Waals surface area contributed by atoms with E-state index in [0.29, 0.717) is 12.0 Å². The minimum atomic E-state index is -0.550.